The molecule has 0 spiro atoms. The van der Waals surface area contributed by atoms with Crippen molar-refractivity contribution in [3.8, 4) is 5.75 Å². The maximum atomic E-state index is 12.0. The highest BCUT2D eigenvalue weighted by Crippen LogP contribution is 2.30. The number of hydrogen-bond acceptors (Lipinski definition) is 5. The molecule has 0 radical (unpaired) electrons. The number of ether oxygens (including phenoxy) is 2. The molecule has 6 nitrogen and oxygen atoms in total. The molecule has 2 aromatic carbocycles. The monoisotopic (exact) mass is 384 g/mol. The fourth-order valence-electron chi connectivity index (χ4n) is 2.48. The Morgan fingerprint density at radius 1 is 1.15 bits per heavy atom. The number of aromatic nitrogens is 1. The van der Waals surface area contributed by atoms with Crippen molar-refractivity contribution in [1.82, 2.24) is 4.98 Å². The average Bonchev–Trinajstić information content (AvgIpc) is 2.66. The van der Waals surface area contributed by atoms with Crippen molar-refractivity contribution < 1.29 is 19.1 Å². The van der Waals surface area contributed by atoms with E-state index in [2.05, 4.69) is 4.98 Å². The standard InChI is InChI=1S/C20H17ClN2O4/c1-12-7-16-14(8-15(12)21)18(9-17(23-16)20(22)25)26-11-19(24)27-10-13-5-3-2-4-6-13/h2-9H,10-11H2,1H3,(H2,22,25). The van der Waals surface area contributed by atoms with Gasteiger partial charge in [-0.15, -0.1) is 0 Å². The minimum atomic E-state index is -0.694. The van der Waals surface area contributed by atoms with Crippen molar-refractivity contribution in [2.45, 2.75) is 13.5 Å². The minimum absolute atomic E-state index is 0.0388. The second-order valence-electron chi connectivity index (χ2n) is 5.92. The van der Waals surface area contributed by atoms with E-state index >= 15 is 0 Å². The lowest BCUT2D eigenvalue weighted by molar-refractivity contribution is -0.147. The third kappa shape index (κ3) is 4.54. The van der Waals surface area contributed by atoms with E-state index in [1.807, 2.05) is 37.3 Å². The number of nitrogens with zero attached hydrogens (tertiary/aromatic N) is 1. The van der Waals surface area contributed by atoms with Gasteiger partial charge in [-0.05, 0) is 30.2 Å². The lowest BCUT2D eigenvalue weighted by Gasteiger charge is -2.12. The van der Waals surface area contributed by atoms with Gasteiger partial charge in [0.25, 0.3) is 5.91 Å². The van der Waals surface area contributed by atoms with Crippen LogP contribution in [0.15, 0.2) is 48.5 Å². The molecule has 0 saturated carbocycles. The van der Waals surface area contributed by atoms with Crippen LogP contribution in [0.1, 0.15) is 21.6 Å². The molecular formula is C20H17ClN2O4. The predicted octanol–water partition coefficient (Wildman–Crippen LogP) is 3.42. The minimum Gasteiger partial charge on any atom is -0.481 e. The first-order chi connectivity index (χ1) is 12.9. The summed E-state index contributed by atoms with van der Waals surface area (Å²) in [6.45, 7) is 1.65. The maximum absolute atomic E-state index is 12.0. The van der Waals surface area contributed by atoms with E-state index < -0.39 is 11.9 Å². The van der Waals surface area contributed by atoms with E-state index in [4.69, 9.17) is 26.8 Å². The van der Waals surface area contributed by atoms with Crippen molar-refractivity contribution in [3.63, 3.8) is 0 Å². The summed E-state index contributed by atoms with van der Waals surface area (Å²) in [7, 11) is 0. The van der Waals surface area contributed by atoms with E-state index in [-0.39, 0.29) is 24.7 Å². The Morgan fingerprint density at radius 3 is 2.59 bits per heavy atom. The number of nitrogens with two attached hydrogens (primary N) is 1. The van der Waals surface area contributed by atoms with Crippen molar-refractivity contribution in [1.29, 1.82) is 0 Å². The number of rotatable bonds is 6. The zero-order valence-corrected chi connectivity index (χ0v) is 15.3. The van der Waals surface area contributed by atoms with E-state index in [0.29, 0.717) is 15.9 Å². The Balaban J connectivity index is 1.77. The van der Waals surface area contributed by atoms with Gasteiger partial charge in [0.1, 0.15) is 18.1 Å². The van der Waals surface area contributed by atoms with Crippen LogP contribution in [0.25, 0.3) is 10.9 Å². The molecule has 0 aliphatic heterocycles. The smallest absolute Gasteiger partial charge is 0.344 e. The lowest BCUT2D eigenvalue weighted by Crippen LogP contribution is -2.16. The van der Waals surface area contributed by atoms with Gasteiger partial charge >= 0.3 is 5.97 Å². The number of esters is 1. The largest absolute Gasteiger partial charge is 0.481 e. The maximum Gasteiger partial charge on any atom is 0.344 e. The number of amides is 1. The van der Waals surface area contributed by atoms with Crippen LogP contribution in [-0.4, -0.2) is 23.5 Å². The number of fused-ring (bicyclic) bond motifs is 1. The summed E-state index contributed by atoms with van der Waals surface area (Å²) in [5.74, 6) is -0.948. The SMILES string of the molecule is Cc1cc2nc(C(N)=O)cc(OCC(=O)OCc3ccccc3)c2cc1Cl. The van der Waals surface area contributed by atoms with Gasteiger partial charge in [0, 0.05) is 16.5 Å². The highest BCUT2D eigenvalue weighted by atomic mass is 35.5. The van der Waals surface area contributed by atoms with Gasteiger partial charge < -0.3 is 15.2 Å². The molecule has 0 unspecified atom stereocenters. The second kappa shape index (κ2) is 8.05. The molecular weight excluding hydrogens is 368 g/mol. The number of benzene rings is 2. The van der Waals surface area contributed by atoms with Crippen molar-refractivity contribution in [3.05, 3.63) is 70.4 Å². The van der Waals surface area contributed by atoms with E-state index in [9.17, 15) is 9.59 Å². The Morgan fingerprint density at radius 2 is 1.89 bits per heavy atom. The summed E-state index contributed by atoms with van der Waals surface area (Å²) >= 11 is 6.18. The highest BCUT2D eigenvalue weighted by Gasteiger charge is 2.14. The fourth-order valence-corrected chi connectivity index (χ4v) is 2.65. The van der Waals surface area contributed by atoms with Crippen LogP contribution in [0.5, 0.6) is 5.75 Å². The molecule has 1 aromatic heterocycles. The average molecular weight is 385 g/mol. The molecule has 2 N–H and O–H groups in total. The van der Waals surface area contributed by atoms with Crippen LogP contribution in [0.4, 0.5) is 0 Å². The number of pyridine rings is 1. The van der Waals surface area contributed by atoms with Gasteiger partial charge in [-0.1, -0.05) is 41.9 Å². The summed E-state index contributed by atoms with van der Waals surface area (Å²) < 4.78 is 10.8. The number of carbonyl (C=O) groups is 2. The predicted molar refractivity (Wildman–Crippen MR) is 102 cm³/mol. The normalized spacial score (nSPS) is 10.6. The van der Waals surface area contributed by atoms with E-state index in [1.54, 1.807) is 12.1 Å². The summed E-state index contributed by atoms with van der Waals surface area (Å²) in [6, 6.07) is 14.1. The fraction of sp³-hybridized carbons (Fsp3) is 0.150. The number of carbonyl (C=O) groups excluding carboxylic acids is 2. The molecule has 1 amide bonds. The van der Waals surface area contributed by atoms with Gasteiger partial charge in [-0.2, -0.15) is 0 Å². The molecule has 138 valence electrons. The molecule has 7 heteroatoms. The first kappa shape index (κ1) is 18.7. The highest BCUT2D eigenvalue weighted by molar-refractivity contribution is 6.32. The van der Waals surface area contributed by atoms with E-state index in [1.165, 1.54) is 6.07 Å². The zero-order valence-electron chi connectivity index (χ0n) is 14.6. The molecule has 3 rings (SSSR count). The Kier molecular flexibility index (Phi) is 5.57. The number of aryl methyl sites for hydroxylation is 1. The Labute approximate surface area is 160 Å². The first-order valence-electron chi connectivity index (χ1n) is 8.17. The third-order valence-corrected chi connectivity index (χ3v) is 4.30. The molecule has 1 heterocycles. The molecule has 0 aliphatic carbocycles. The topological polar surface area (TPSA) is 91.5 Å². The summed E-state index contributed by atoms with van der Waals surface area (Å²) in [4.78, 5) is 27.7. The van der Waals surface area contributed by atoms with Crippen LogP contribution in [0.2, 0.25) is 5.02 Å². The van der Waals surface area contributed by atoms with Crippen LogP contribution in [0.3, 0.4) is 0 Å². The lowest BCUT2D eigenvalue weighted by atomic mass is 10.1. The third-order valence-electron chi connectivity index (χ3n) is 3.89. The Hall–Kier alpha value is -3.12. The van der Waals surface area contributed by atoms with Gasteiger partial charge in [0.15, 0.2) is 6.61 Å². The second-order valence-corrected chi connectivity index (χ2v) is 6.33. The van der Waals surface area contributed by atoms with Crippen molar-refractivity contribution in [2.75, 3.05) is 6.61 Å². The van der Waals surface area contributed by atoms with Gasteiger partial charge in [-0.25, -0.2) is 9.78 Å². The number of hydrogen-bond donors (Lipinski definition) is 1. The quantitative estimate of drug-likeness (QED) is 0.657. The molecule has 0 aliphatic rings. The number of halogens is 1. The van der Waals surface area contributed by atoms with Crippen molar-refractivity contribution in [2.24, 2.45) is 5.73 Å². The number of primary amides is 1. The van der Waals surface area contributed by atoms with Crippen LogP contribution in [0, 0.1) is 6.92 Å². The van der Waals surface area contributed by atoms with E-state index in [0.717, 1.165) is 11.1 Å². The summed E-state index contributed by atoms with van der Waals surface area (Å²) in [5.41, 5.74) is 7.55. The van der Waals surface area contributed by atoms with Gasteiger partial charge in [-0.3, -0.25) is 4.79 Å². The van der Waals surface area contributed by atoms with Crippen molar-refractivity contribution >= 4 is 34.4 Å². The molecule has 0 fully saturated rings. The van der Waals surface area contributed by atoms with Crippen LogP contribution >= 0.6 is 11.6 Å². The molecule has 0 bridgehead atoms. The van der Waals surface area contributed by atoms with Gasteiger partial charge in [0.05, 0.1) is 5.52 Å². The Bertz CT molecular complexity index is 1010. The molecule has 3 aromatic rings. The van der Waals surface area contributed by atoms with Crippen LogP contribution < -0.4 is 10.5 Å². The molecule has 0 atom stereocenters. The molecule has 0 saturated heterocycles. The summed E-state index contributed by atoms with van der Waals surface area (Å²) in [6.07, 6.45) is 0. The molecule has 27 heavy (non-hydrogen) atoms. The zero-order chi connectivity index (χ0) is 19.4. The summed E-state index contributed by atoms with van der Waals surface area (Å²) in [5, 5.41) is 1.10. The van der Waals surface area contributed by atoms with Crippen LogP contribution in [-0.2, 0) is 16.1 Å². The van der Waals surface area contributed by atoms with Gasteiger partial charge in [0.2, 0.25) is 0 Å². The first-order valence-corrected chi connectivity index (χ1v) is 8.55.